The van der Waals surface area contributed by atoms with Gasteiger partial charge in [0.25, 0.3) is 5.91 Å². The summed E-state index contributed by atoms with van der Waals surface area (Å²) >= 11 is 0. The molecule has 0 spiro atoms. The summed E-state index contributed by atoms with van der Waals surface area (Å²) in [5.74, 6) is -0.128. The van der Waals surface area contributed by atoms with E-state index in [0.29, 0.717) is 5.56 Å². The summed E-state index contributed by atoms with van der Waals surface area (Å²) in [7, 11) is 0. The van der Waals surface area contributed by atoms with Crippen LogP contribution in [-0.4, -0.2) is 24.0 Å². The van der Waals surface area contributed by atoms with Crippen LogP contribution in [0, 0.1) is 0 Å². The molecule has 3 aromatic rings. The number of pyridine rings is 1. The van der Waals surface area contributed by atoms with E-state index in [-0.39, 0.29) is 5.91 Å². The molecule has 4 nitrogen and oxygen atoms in total. The molecule has 0 aliphatic carbocycles. The van der Waals surface area contributed by atoms with E-state index in [0.717, 1.165) is 29.7 Å². The lowest BCUT2D eigenvalue weighted by molar-refractivity contribution is 0.102. The summed E-state index contributed by atoms with van der Waals surface area (Å²) < 4.78 is 0. The van der Waals surface area contributed by atoms with Crippen molar-refractivity contribution in [2.24, 2.45) is 0 Å². The Labute approximate surface area is 153 Å². The number of hydrogen-bond donors (Lipinski definition) is 1. The molecule has 1 saturated heterocycles. The van der Waals surface area contributed by atoms with E-state index in [9.17, 15) is 4.79 Å². The number of para-hydroxylation sites is 1. The topological polar surface area (TPSA) is 45.2 Å². The molecule has 1 aliphatic rings. The molecule has 4 heteroatoms. The molecule has 0 unspecified atom stereocenters. The molecule has 1 aliphatic heterocycles. The first-order chi connectivity index (χ1) is 12.8. The minimum absolute atomic E-state index is 0.128. The highest BCUT2D eigenvalue weighted by atomic mass is 16.1. The summed E-state index contributed by atoms with van der Waals surface area (Å²) in [6.07, 6.45) is 6.88. The zero-order valence-corrected chi connectivity index (χ0v) is 14.8. The Morgan fingerprint density at radius 2 is 1.62 bits per heavy atom. The summed E-state index contributed by atoms with van der Waals surface area (Å²) in [6, 6.07) is 17.7. The fourth-order valence-corrected chi connectivity index (χ4v) is 3.57. The quantitative estimate of drug-likeness (QED) is 0.737. The molecule has 1 fully saturated rings. The molecule has 1 N–H and O–H groups in total. The van der Waals surface area contributed by atoms with Crippen molar-refractivity contribution in [3.8, 4) is 0 Å². The smallest absolute Gasteiger partial charge is 0.257 e. The highest BCUT2D eigenvalue weighted by molar-refractivity contribution is 6.11. The molecule has 1 amide bonds. The third-order valence-electron chi connectivity index (χ3n) is 4.97. The lowest BCUT2D eigenvalue weighted by Gasteiger charge is -2.22. The summed E-state index contributed by atoms with van der Waals surface area (Å²) in [4.78, 5) is 19.5. The van der Waals surface area contributed by atoms with Crippen LogP contribution in [-0.2, 0) is 0 Å². The standard InChI is InChI=1S/C22H23N3O/c26-22(20-9-5-7-17-8-6-14-23-21(17)20)24-18-10-12-19(13-11-18)25-15-3-1-2-4-16-25/h5-14H,1-4,15-16H2,(H,24,26). The van der Waals surface area contributed by atoms with Crippen molar-refractivity contribution in [2.45, 2.75) is 25.7 Å². The highest BCUT2D eigenvalue weighted by Gasteiger charge is 2.12. The van der Waals surface area contributed by atoms with Crippen molar-refractivity contribution < 1.29 is 4.79 Å². The van der Waals surface area contributed by atoms with Gasteiger partial charge in [-0.05, 0) is 49.2 Å². The molecule has 0 radical (unpaired) electrons. The highest BCUT2D eigenvalue weighted by Crippen LogP contribution is 2.23. The van der Waals surface area contributed by atoms with Crippen molar-refractivity contribution in [2.75, 3.05) is 23.3 Å². The van der Waals surface area contributed by atoms with Crippen LogP contribution in [0.1, 0.15) is 36.0 Å². The lowest BCUT2D eigenvalue weighted by Crippen LogP contribution is -2.23. The summed E-state index contributed by atoms with van der Waals surface area (Å²) in [6.45, 7) is 2.24. The predicted molar refractivity (Wildman–Crippen MR) is 107 cm³/mol. The van der Waals surface area contributed by atoms with Crippen molar-refractivity contribution >= 4 is 28.2 Å². The average Bonchev–Trinajstić information content (AvgIpc) is 2.97. The van der Waals surface area contributed by atoms with Gasteiger partial charge in [0.15, 0.2) is 0 Å². The van der Waals surface area contributed by atoms with Gasteiger partial charge in [0.05, 0.1) is 11.1 Å². The second kappa shape index (κ2) is 7.56. The number of anilines is 2. The first kappa shape index (κ1) is 16.6. The lowest BCUT2D eigenvalue weighted by atomic mass is 10.1. The molecule has 132 valence electrons. The fourth-order valence-electron chi connectivity index (χ4n) is 3.57. The Balaban J connectivity index is 1.50. The van der Waals surface area contributed by atoms with Crippen molar-refractivity contribution in [3.63, 3.8) is 0 Å². The van der Waals surface area contributed by atoms with Gasteiger partial charge in [0.1, 0.15) is 0 Å². The number of nitrogens with one attached hydrogen (secondary N) is 1. The molecule has 4 rings (SSSR count). The Morgan fingerprint density at radius 3 is 2.38 bits per heavy atom. The molecule has 0 saturated carbocycles. The van der Waals surface area contributed by atoms with Gasteiger partial charge in [-0.25, -0.2) is 0 Å². The number of rotatable bonds is 3. The summed E-state index contributed by atoms with van der Waals surface area (Å²) in [5.41, 5.74) is 3.37. The van der Waals surface area contributed by atoms with Gasteiger partial charge in [0.2, 0.25) is 0 Å². The fraction of sp³-hybridized carbons (Fsp3) is 0.273. The van der Waals surface area contributed by atoms with Gasteiger partial charge < -0.3 is 10.2 Å². The Morgan fingerprint density at radius 1 is 0.885 bits per heavy atom. The van der Waals surface area contributed by atoms with Crippen LogP contribution in [0.4, 0.5) is 11.4 Å². The van der Waals surface area contributed by atoms with Crippen LogP contribution in [0.2, 0.25) is 0 Å². The molecule has 2 aromatic carbocycles. The van der Waals surface area contributed by atoms with Crippen LogP contribution < -0.4 is 10.2 Å². The third kappa shape index (κ3) is 3.54. The van der Waals surface area contributed by atoms with Crippen molar-refractivity contribution in [3.05, 3.63) is 66.4 Å². The molecule has 26 heavy (non-hydrogen) atoms. The predicted octanol–water partition coefficient (Wildman–Crippen LogP) is 4.87. The van der Waals surface area contributed by atoms with E-state index in [1.54, 1.807) is 6.20 Å². The Kier molecular flexibility index (Phi) is 4.82. The van der Waals surface area contributed by atoms with Gasteiger partial charge in [0, 0.05) is 36.0 Å². The van der Waals surface area contributed by atoms with Gasteiger partial charge >= 0.3 is 0 Å². The van der Waals surface area contributed by atoms with Gasteiger partial charge in [-0.2, -0.15) is 0 Å². The van der Waals surface area contributed by atoms with Crippen LogP contribution in [0.5, 0.6) is 0 Å². The zero-order valence-electron chi connectivity index (χ0n) is 14.8. The largest absolute Gasteiger partial charge is 0.372 e. The van der Waals surface area contributed by atoms with E-state index >= 15 is 0 Å². The van der Waals surface area contributed by atoms with Crippen LogP contribution >= 0.6 is 0 Å². The normalized spacial score (nSPS) is 14.8. The van der Waals surface area contributed by atoms with Crippen molar-refractivity contribution in [1.82, 2.24) is 4.98 Å². The molecular weight excluding hydrogens is 322 g/mol. The number of fused-ring (bicyclic) bond motifs is 1. The van der Waals surface area contributed by atoms with E-state index in [2.05, 4.69) is 27.3 Å². The Hall–Kier alpha value is -2.88. The number of benzene rings is 2. The average molecular weight is 345 g/mol. The van der Waals surface area contributed by atoms with Gasteiger partial charge in [-0.3, -0.25) is 9.78 Å². The maximum atomic E-state index is 12.7. The number of carbonyl (C=O) groups excluding carboxylic acids is 1. The summed E-state index contributed by atoms with van der Waals surface area (Å²) in [5, 5.41) is 3.96. The second-order valence-corrected chi connectivity index (χ2v) is 6.78. The SMILES string of the molecule is O=C(Nc1ccc(N2CCCCCC2)cc1)c1cccc2cccnc12. The van der Waals surface area contributed by atoms with E-state index in [4.69, 9.17) is 0 Å². The number of nitrogens with zero attached hydrogens (tertiary/aromatic N) is 2. The van der Waals surface area contributed by atoms with E-state index < -0.39 is 0 Å². The molecule has 0 atom stereocenters. The zero-order chi connectivity index (χ0) is 17.8. The number of hydrogen-bond acceptors (Lipinski definition) is 3. The van der Waals surface area contributed by atoms with E-state index in [1.807, 2.05) is 42.5 Å². The molecular formula is C22H23N3O. The number of aromatic nitrogens is 1. The van der Waals surface area contributed by atoms with Crippen molar-refractivity contribution in [1.29, 1.82) is 0 Å². The maximum absolute atomic E-state index is 12.7. The van der Waals surface area contributed by atoms with Gasteiger partial charge in [-0.15, -0.1) is 0 Å². The van der Waals surface area contributed by atoms with E-state index in [1.165, 1.54) is 31.4 Å². The molecule has 2 heterocycles. The minimum Gasteiger partial charge on any atom is -0.372 e. The Bertz CT molecular complexity index is 891. The minimum atomic E-state index is -0.128. The number of carbonyl (C=O) groups is 1. The first-order valence-electron chi connectivity index (χ1n) is 9.31. The first-order valence-corrected chi connectivity index (χ1v) is 9.31. The monoisotopic (exact) mass is 345 g/mol. The van der Waals surface area contributed by atoms with Crippen LogP contribution in [0.3, 0.4) is 0 Å². The third-order valence-corrected chi connectivity index (χ3v) is 4.97. The maximum Gasteiger partial charge on any atom is 0.257 e. The second-order valence-electron chi connectivity index (χ2n) is 6.78. The van der Waals surface area contributed by atoms with Gasteiger partial charge in [-0.1, -0.05) is 31.0 Å². The molecule has 0 bridgehead atoms. The van der Waals surface area contributed by atoms with Crippen LogP contribution in [0.25, 0.3) is 10.9 Å². The molecule has 1 aromatic heterocycles. The number of amides is 1. The van der Waals surface area contributed by atoms with Crippen LogP contribution in [0.15, 0.2) is 60.8 Å².